The van der Waals surface area contributed by atoms with Crippen molar-refractivity contribution in [2.24, 2.45) is 5.92 Å². The summed E-state index contributed by atoms with van der Waals surface area (Å²) in [5, 5.41) is 3.07. The molecule has 2 nitrogen and oxygen atoms in total. The Bertz CT molecular complexity index is 352. The summed E-state index contributed by atoms with van der Waals surface area (Å²) in [6.07, 6.45) is 3.34. The minimum Gasteiger partial charge on any atom is -0.349 e. The Labute approximate surface area is 101 Å². The molecule has 16 heavy (non-hydrogen) atoms. The largest absolute Gasteiger partial charge is 0.349 e. The Morgan fingerprint density at radius 2 is 2.06 bits per heavy atom. The molecule has 2 atom stereocenters. The van der Waals surface area contributed by atoms with E-state index in [1.807, 2.05) is 30.3 Å². The number of hydrogen-bond donors (Lipinski definition) is 1. The molecule has 1 N–H and O–H groups in total. The maximum atomic E-state index is 11.9. The number of rotatable bonds is 3. The fourth-order valence-corrected chi connectivity index (χ4v) is 2.62. The molecule has 1 aromatic rings. The number of hydrogen-bond acceptors (Lipinski definition) is 1. The number of carbonyl (C=O) groups excluding carboxylic acids is 1. The molecule has 0 radical (unpaired) electrons. The van der Waals surface area contributed by atoms with Crippen LogP contribution in [0, 0.1) is 5.92 Å². The first-order chi connectivity index (χ1) is 7.81. The average molecular weight is 238 g/mol. The molecule has 0 spiro atoms. The molecule has 1 aliphatic rings. The number of halogens is 1. The van der Waals surface area contributed by atoms with Crippen molar-refractivity contribution in [1.29, 1.82) is 0 Å². The molecule has 0 aromatic heterocycles. The zero-order chi connectivity index (χ0) is 11.4. The lowest BCUT2D eigenvalue weighted by Gasteiger charge is -2.18. The molecule has 2 unspecified atom stereocenters. The average Bonchev–Trinajstić information content (AvgIpc) is 2.77. The second kappa shape index (κ2) is 5.35. The van der Waals surface area contributed by atoms with Crippen LogP contribution in [-0.2, 0) is 0 Å². The topological polar surface area (TPSA) is 29.1 Å². The summed E-state index contributed by atoms with van der Waals surface area (Å²) in [4.78, 5) is 11.9. The van der Waals surface area contributed by atoms with Crippen LogP contribution >= 0.6 is 11.6 Å². The number of alkyl halides is 1. The van der Waals surface area contributed by atoms with Crippen molar-refractivity contribution in [3.63, 3.8) is 0 Å². The number of carbonyl (C=O) groups is 1. The molecule has 1 aromatic carbocycles. The van der Waals surface area contributed by atoms with Crippen molar-refractivity contribution in [2.45, 2.75) is 25.3 Å². The molecule has 1 saturated carbocycles. The van der Waals surface area contributed by atoms with Gasteiger partial charge in [0, 0.05) is 17.5 Å². The lowest BCUT2D eigenvalue weighted by molar-refractivity contribution is 0.0930. The van der Waals surface area contributed by atoms with Gasteiger partial charge in [0.2, 0.25) is 0 Å². The molecule has 3 heteroatoms. The fraction of sp³-hybridized carbons (Fsp3) is 0.462. The molecule has 0 aliphatic heterocycles. The van der Waals surface area contributed by atoms with Crippen LogP contribution in [0.5, 0.6) is 0 Å². The van der Waals surface area contributed by atoms with Gasteiger partial charge in [0.25, 0.3) is 5.91 Å². The summed E-state index contributed by atoms with van der Waals surface area (Å²) in [6.45, 7) is 0. The first kappa shape index (κ1) is 11.5. The maximum absolute atomic E-state index is 11.9. The molecule has 0 saturated heterocycles. The van der Waals surface area contributed by atoms with E-state index in [2.05, 4.69) is 5.32 Å². The Morgan fingerprint density at radius 3 is 2.75 bits per heavy atom. The van der Waals surface area contributed by atoms with Crippen molar-refractivity contribution in [1.82, 2.24) is 5.32 Å². The van der Waals surface area contributed by atoms with Crippen molar-refractivity contribution in [2.75, 3.05) is 5.88 Å². The quantitative estimate of drug-likeness (QED) is 0.805. The summed E-state index contributed by atoms with van der Waals surface area (Å²) >= 11 is 5.88. The van der Waals surface area contributed by atoms with Gasteiger partial charge in [0.1, 0.15) is 0 Å². The van der Waals surface area contributed by atoms with Gasteiger partial charge in [-0.1, -0.05) is 24.6 Å². The highest BCUT2D eigenvalue weighted by Crippen LogP contribution is 2.26. The van der Waals surface area contributed by atoms with Gasteiger partial charge in [-0.3, -0.25) is 4.79 Å². The zero-order valence-electron chi connectivity index (χ0n) is 9.16. The minimum absolute atomic E-state index is 0.0163. The second-order valence-electron chi connectivity index (χ2n) is 4.29. The summed E-state index contributed by atoms with van der Waals surface area (Å²) in [7, 11) is 0. The van der Waals surface area contributed by atoms with Crippen molar-refractivity contribution in [3.05, 3.63) is 35.9 Å². The van der Waals surface area contributed by atoms with Gasteiger partial charge in [0.05, 0.1) is 0 Å². The predicted octanol–water partition coefficient (Wildman–Crippen LogP) is 2.82. The van der Waals surface area contributed by atoms with E-state index in [0.29, 0.717) is 11.8 Å². The molecular weight excluding hydrogens is 222 g/mol. The van der Waals surface area contributed by atoms with Crippen LogP contribution in [0.4, 0.5) is 0 Å². The number of benzene rings is 1. The molecule has 0 heterocycles. The van der Waals surface area contributed by atoms with Crippen molar-refractivity contribution in [3.8, 4) is 0 Å². The number of nitrogens with one attached hydrogen (secondary N) is 1. The molecule has 1 amide bonds. The van der Waals surface area contributed by atoms with Crippen LogP contribution in [-0.4, -0.2) is 17.8 Å². The van der Waals surface area contributed by atoms with Gasteiger partial charge >= 0.3 is 0 Å². The molecule has 86 valence electrons. The van der Waals surface area contributed by atoms with E-state index >= 15 is 0 Å². The predicted molar refractivity (Wildman–Crippen MR) is 65.8 cm³/mol. The Kier molecular flexibility index (Phi) is 3.83. The first-order valence-electron chi connectivity index (χ1n) is 5.73. The van der Waals surface area contributed by atoms with Gasteiger partial charge < -0.3 is 5.32 Å². The third-order valence-electron chi connectivity index (χ3n) is 3.21. The Hall–Kier alpha value is -1.02. The highest BCUT2D eigenvalue weighted by Gasteiger charge is 2.27. The molecular formula is C13H16ClNO. The van der Waals surface area contributed by atoms with E-state index in [-0.39, 0.29) is 11.9 Å². The van der Waals surface area contributed by atoms with Gasteiger partial charge in [-0.05, 0) is 30.9 Å². The van der Waals surface area contributed by atoms with E-state index in [0.717, 1.165) is 24.8 Å². The monoisotopic (exact) mass is 237 g/mol. The van der Waals surface area contributed by atoms with E-state index in [1.54, 1.807) is 0 Å². The third-order valence-corrected chi connectivity index (χ3v) is 3.61. The van der Waals surface area contributed by atoms with Crippen LogP contribution in [0.3, 0.4) is 0 Å². The van der Waals surface area contributed by atoms with E-state index in [1.165, 1.54) is 0 Å². The van der Waals surface area contributed by atoms with Crippen LogP contribution < -0.4 is 5.32 Å². The summed E-state index contributed by atoms with van der Waals surface area (Å²) in [5.41, 5.74) is 0.725. The van der Waals surface area contributed by atoms with Gasteiger partial charge in [0.15, 0.2) is 0 Å². The Morgan fingerprint density at radius 1 is 1.31 bits per heavy atom. The first-order valence-corrected chi connectivity index (χ1v) is 6.26. The maximum Gasteiger partial charge on any atom is 0.251 e. The van der Waals surface area contributed by atoms with Gasteiger partial charge in [-0.15, -0.1) is 11.6 Å². The van der Waals surface area contributed by atoms with Crippen molar-refractivity contribution >= 4 is 17.5 Å². The van der Waals surface area contributed by atoms with E-state index < -0.39 is 0 Å². The fourth-order valence-electron chi connectivity index (χ4n) is 2.25. The van der Waals surface area contributed by atoms with E-state index in [9.17, 15) is 4.79 Å². The Balaban J connectivity index is 1.97. The molecule has 2 rings (SSSR count). The van der Waals surface area contributed by atoms with Crippen LogP contribution in [0.25, 0.3) is 0 Å². The van der Waals surface area contributed by atoms with Gasteiger partial charge in [-0.25, -0.2) is 0 Å². The minimum atomic E-state index is 0.0163. The lowest BCUT2D eigenvalue weighted by Crippen LogP contribution is -2.37. The summed E-state index contributed by atoms with van der Waals surface area (Å²) < 4.78 is 0. The lowest BCUT2D eigenvalue weighted by atomic mass is 10.1. The van der Waals surface area contributed by atoms with Gasteiger partial charge in [-0.2, -0.15) is 0 Å². The SMILES string of the molecule is O=C(NC1CCCC1CCl)c1ccccc1. The molecule has 1 aliphatic carbocycles. The third kappa shape index (κ3) is 2.56. The summed E-state index contributed by atoms with van der Waals surface area (Å²) in [5.74, 6) is 1.09. The molecule has 0 bridgehead atoms. The van der Waals surface area contributed by atoms with Crippen LogP contribution in [0.2, 0.25) is 0 Å². The van der Waals surface area contributed by atoms with Crippen LogP contribution in [0.1, 0.15) is 29.6 Å². The zero-order valence-corrected chi connectivity index (χ0v) is 9.91. The van der Waals surface area contributed by atoms with Crippen LogP contribution in [0.15, 0.2) is 30.3 Å². The highest BCUT2D eigenvalue weighted by molar-refractivity contribution is 6.18. The number of amides is 1. The summed E-state index contributed by atoms with van der Waals surface area (Å²) in [6, 6.07) is 9.59. The van der Waals surface area contributed by atoms with E-state index in [4.69, 9.17) is 11.6 Å². The second-order valence-corrected chi connectivity index (χ2v) is 4.60. The normalized spacial score (nSPS) is 24.3. The smallest absolute Gasteiger partial charge is 0.251 e. The molecule has 1 fully saturated rings. The standard InChI is InChI=1S/C13H16ClNO/c14-9-11-7-4-8-12(11)15-13(16)10-5-2-1-3-6-10/h1-3,5-6,11-12H,4,7-9H2,(H,15,16). The highest BCUT2D eigenvalue weighted by atomic mass is 35.5. The van der Waals surface area contributed by atoms with Crippen molar-refractivity contribution < 1.29 is 4.79 Å².